The standard InChI is InChI=1S/C62H85N9O11S2/c1-7-8-22-54(72)64-29-31-79-33-34-80-32-30-66-58(75)48-26-24-47(25-27-48)57(74)65-28-17-11-16-23-55(73)82-53(52(36-46-20-14-10-15-21-46)69-62(78)81-40-51-38-63-42-84-51)37-49(35-45-18-12-9-13-19-45)67-59(76)56(43(2)3)70-61(77)71(6)39-50-41-83-60(68-50)44(4)5/h9-10,12-15,18-21,24-27,38,41-44,49,52-53,56H,7-8,11,16-17,22-23,28-37,39-40H2,1-6H3,(H,64,72)(H,65,74)(H,66,75)(H,67,76)(H,69,78)(H,70,77)/t49-,52-,53-,56-/m0/s1. The summed E-state index contributed by atoms with van der Waals surface area (Å²) < 4.78 is 23.0. The Morgan fingerprint density at radius 2 is 1.30 bits per heavy atom. The molecule has 0 aliphatic rings. The van der Waals surface area contributed by atoms with E-state index in [0.29, 0.717) is 82.7 Å². The van der Waals surface area contributed by atoms with Gasteiger partial charge >= 0.3 is 18.1 Å². The molecule has 0 aliphatic heterocycles. The number of nitrogens with zero attached hydrogens (tertiary/aromatic N) is 3. The molecule has 2 aromatic heterocycles. The number of thiazole rings is 2. The number of hydrogen-bond acceptors (Lipinski definition) is 15. The lowest BCUT2D eigenvalue weighted by Gasteiger charge is -2.32. The van der Waals surface area contributed by atoms with Crippen molar-refractivity contribution < 1.29 is 52.5 Å². The number of urea groups is 1. The summed E-state index contributed by atoms with van der Waals surface area (Å²) in [6.45, 7) is 12.6. The lowest BCUT2D eigenvalue weighted by molar-refractivity contribution is -0.151. The third-order valence-electron chi connectivity index (χ3n) is 13.4. The minimum atomic E-state index is -0.982. The van der Waals surface area contributed by atoms with Crippen molar-refractivity contribution in [2.45, 2.75) is 142 Å². The molecule has 5 aromatic rings. The molecule has 7 amide bonds. The minimum absolute atomic E-state index is 0.0158. The molecule has 456 valence electrons. The number of benzene rings is 3. The van der Waals surface area contributed by atoms with Gasteiger partial charge in [-0.15, -0.1) is 22.7 Å². The molecule has 0 fully saturated rings. The number of unbranched alkanes of at least 4 members (excludes halogenated alkanes) is 3. The topological polar surface area (TPSA) is 258 Å². The second kappa shape index (κ2) is 37.8. The number of amides is 7. The number of carbonyl (C=O) groups excluding carboxylic acids is 7. The zero-order valence-electron chi connectivity index (χ0n) is 49.4. The van der Waals surface area contributed by atoms with E-state index in [-0.39, 0.29) is 68.5 Å². The predicted octanol–water partition coefficient (Wildman–Crippen LogP) is 8.52. The number of aromatic nitrogens is 2. The molecule has 20 nitrogen and oxygen atoms in total. The first-order valence-corrected chi connectivity index (χ1v) is 30.8. The van der Waals surface area contributed by atoms with Gasteiger partial charge in [0.15, 0.2) is 0 Å². The van der Waals surface area contributed by atoms with Crippen LogP contribution in [0.15, 0.2) is 102 Å². The SMILES string of the molecule is CCCCC(=O)NCCOCCOCCNC(=O)c1ccc(C(=O)NCCCCCC(=O)O[C@@H](C[C@H](Cc2ccccc2)NC(=O)[C@@H](NC(=O)N(C)Cc2csc(C(C)C)n2)C(C)C)[C@H](Cc2ccccc2)NC(=O)OCc2cncs2)cc1. The van der Waals surface area contributed by atoms with Crippen LogP contribution in [0.2, 0.25) is 0 Å². The van der Waals surface area contributed by atoms with Crippen molar-refractivity contribution in [3.8, 4) is 0 Å². The number of ether oxygens (including phenoxy) is 4. The Morgan fingerprint density at radius 3 is 1.89 bits per heavy atom. The van der Waals surface area contributed by atoms with Crippen molar-refractivity contribution in [1.82, 2.24) is 46.8 Å². The molecule has 4 atom stereocenters. The van der Waals surface area contributed by atoms with Crippen LogP contribution >= 0.6 is 22.7 Å². The maximum atomic E-state index is 14.5. The van der Waals surface area contributed by atoms with E-state index in [1.165, 1.54) is 16.2 Å². The number of alkyl carbamates (subject to hydrolysis) is 1. The van der Waals surface area contributed by atoms with Crippen molar-refractivity contribution >= 4 is 64.4 Å². The van der Waals surface area contributed by atoms with E-state index >= 15 is 0 Å². The van der Waals surface area contributed by atoms with E-state index in [4.69, 9.17) is 18.9 Å². The van der Waals surface area contributed by atoms with Crippen LogP contribution < -0.4 is 31.9 Å². The van der Waals surface area contributed by atoms with E-state index in [1.54, 1.807) is 54.4 Å². The van der Waals surface area contributed by atoms with Crippen molar-refractivity contribution in [3.05, 3.63) is 140 Å². The van der Waals surface area contributed by atoms with Crippen molar-refractivity contribution in [3.63, 3.8) is 0 Å². The van der Waals surface area contributed by atoms with Crippen LogP contribution in [0.1, 0.15) is 139 Å². The van der Waals surface area contributed by atoms with Gasteiger partial charge in [-0.2, -0.15) is 0 Å². The molecule has 2 heterocycles. The molecular weight excluding hydrogens is 1110 g/mol. The molecule has 0 unspecified atom stereocenters. The Bertz CT molecular complexity index is 2750. The molecule has 6 N–H and O–H groups in total. The summed E-state index contributed by atoms with van der Waals surface area (Å²) in [6.07, 6.45) is 4.54. The van der Waals surface area contributed by atoms with Gasteiger partial charge in [0.2, 0.25) is 11.8 Å². The van der Waals surface area contributed by atoms with Crippen LogP contribution in [0.3, 0.4) is 0 Å². The molecule has 0 bridgehead atoms. The van der Waals surface area contributed by atoms with E-state index in [9.17, 15) is 33.6 Å². The zero-order valence-corrected chi connectivity index (χ0v) is 51.0. The summed E-state index contributed by atoms with van der Waals surface area (Å²) in [6, 6.07) is 22.5. The van der Waals surface area contributed by atoms with E-state index in [2.05, 4.69) is 55.7 Å². The third kappa shape index (κ3) is 25.7. The van der Waals surface area contributed by atoms with Crippen LogP contribution in [-0.4, -0.2) is 134 Å². The number of esters is 1. The van der Waals surface area contributed by atoms with Gasteiger partial charge in [0.25, 0.3) is 11.8 Å². The summed E-state index contributed by atoms with van der Waals surface area (Å²) >= 11 is 2.89. The minimum Gasteiger partial charge on any atom is -0.460 e. The molecule has 0 saturated heterocycles. The molecule has 3 aromatic carbocycles. The maximum Gasteiger partial charge on any atom is 0.407 e. The fraction of sp³-hybridized carbons (Fsp3) is 0.500. The van der Waals surface area contributed by atoms with Gasteiger partial charge in [0, 0.05) is 80.6 Å². The van der Waals surface area contributed by atoms with Gasteiger partial charge in [-0.1, -0.05) is 108 Å². The molecule has 84 heavy (non-hydrogen) atoms. The number of carbonyl (C=O) groups is 7. The summed E-state index contributed by atoms with van der Waals surface area (Å²) in [5, 5.41) is 20.6. The highest BCUT2D eigenvalue weighted by Crippen LogP contribution is 2.22. The lowest BCUT2D eigenvalue weighted by atomic mass is 9.92. The van der Waals surface area contributed by atoms with Gasteiger partial charge in [-0.05, 0) is 73.4 Å². The van der Waals surface area contributed by atoms with Crippen LogP contribution in [-0.2, 0) is 59.3 Å². The maximum absolute atomic E-state index is 14.5. The molecular formula is C62H85N9O11S2. The highest BCUT2D eigenvalue weighted by atomic mass is 32.1. The van der Waals surface area contributed by atoms with Crippen LogP contribution in [0, 0.1) is 5.92 Å². The number of hydrogen-bond donors (Lipinski definition) is 6. The largest absolute Gasteiger partial charge is 0.460 e. The van der Waals surface area contributed by atoms with E-state index < -0.39 is 48.2 Å². The van der Waals surface area contributed by atoms with Crippen molar-refractivity contribution in [1.29, 1.82) is 0 Å². The molecule has 0 radical (unpaired) electrons. The molecule has 5 rings (SSSR count). The quantitative estimate of drug-likeness (QED) is 0.0160. The first kappa shape index (κ1) is 67.5. The average Bonchev–Trinajstić information content (AvgIpc) is 4.34. The lowest BCUT2D eigenvalue weighted by Crippen LogP contribution is -2.56. The second-order valence-electron chi connectivity index (χ2n) is 21.1. The van der Waals surface area contributed by atoms with Gasteiger partial charge in [0.05, 0.1) is 60.1 Å². The van der Waals surface area contributed by atoms with Crippen molar-refractivity contribution in [2.24, 2.45) is 5.92 Å². The average molecular weight is 1200 g/mol. The first-order chi connectivity index (χ1) is 40.6. The first-order valence-electron chi connectivity index (χ1n) is 29.0. The predicted molar refractivity (Wildman–Crippen MR) is 325 cm³/mol. The number of rotatable bonds is 38. The Morgan fingerprint density at radius 1 is 0.667 bits per heavy atom. The van der Waals surface area contributed by atoms with Gasteiger partial charge in [-0.25, -0.2) is 14.6 Å². The Hall–Kier alpha value is -7.27. The van der Waals surface area contributed by atoms with Gasteiger partial charge < -0.3 is 55.7 Å². The Kier molecular flexibility index (Phi) is 30.4. The highest BCUT2D eigenvalue weighted by molar-refractivity contribution is 7.09. The normalized spacial score (nSPS) is 12.6. The summed E-state index contributed by atoms with van der Waals surface area (Å²) in [7, 11) is 1.66. The highest BCUT2D eigenvalue weighted by Gasteiger charge is 2.34. The zero-order chi connectivity index (χ0) is 60.5. The molecule has 0 aliphatic carbocycles. The molecule has 22 heteroatoms. The van der Waals surface area contributed by atoms with E-state index in [0.717, 1.165) is 39.5 Å². The summed E-state index contributed by atoms with van der Waals surface area (Å²) in [5.74, 6) is -1.58. The van der Waals surface area contributed by atoms with Crippen LogP contribution in [0.4, 0.5) is 9.59 Å². The molecule has 0 spiro atoms. The van der Waals surface area contributed by atoms with Crippen LogP contribution in [0.25, 0.3) is 0 Å². The van der Waals surface area contributed by atoms with Crippen LogP contribution in [0.5, 0.6) is 0 Å². The van der Waals surface area contributed by atoms with Gasteiger partial charge in [-0.3, -0.25) is 29.0 Å². The monoisotopic (exact) mass is 1200 g/mol. The number of nitrogens with one attached hydrogen (secondary N) is 6. The second-order valence-corrected chi connectivity index (χ2v) is 22.9. The fourth-order valence-corrected chi connectivity index (χ4v) is 10.1. The fourth-order valence-electron chi connectivity index (χ4n) is 8.72. The summed E-state index contributed by atoms with van der Waals surface area (Å²) in [4.78, 5) is 104. The Balaban J connectivity index is 1.18. The Labute approximate surface area is 502 Å². The summed E-state index contributed by atoms with van der Waals surface area (Å²) in [5.41, 5.74) is 4.94. The third-order valence-corrected chi connectivity index (χ3v) is 15.3. The smallest absolute Gasteiger partial charge is 0.407 e. The molecule has 0 saturated carbocycles. The van der Waals surface area contributed by atoms with E-state index in [1.807, 2.05) is 86.8 Å². The van der Waals surface area contributed by atoms with Gasteiger partial charge in [0.1, 0.15) is 18.8 Å². The van der Waals surface area contributed by atoms with Crippen molar-refractivity contribution in [2.75, 3.05) is 53.1 Å².